The van der Waals surface area contributed by atoms with Gasteiger partial charge in [0.2, 0.25) is 0 Å². The highest BCUT2D eigenvalue weighted by atomic mass is 31.2. The van der Waals surface area contributed by atoms with E-state index in [2.05, 4.69) is 0 Å². The normalized spacial score (nSPS) is 13.8. The lowest BCUT2D eigenvalue weighted by molar-refractivity contribution is -0.117. The van der Waals surface area contributed by atoms with Crippen molar-refractivity contribution in [1.82, 2.24) is 0 Å². The molecule has 0 bridgehead atoms. The molecule has 0 aromatic rings. The molecule has 0 amide bonds. The number of carbonyl (C=O) groups is 1. The van der Waals surface area contributed by atoms with Crippen LogP contribution in [-0.2, 0) is 18.4 Å². The molecule has 0 aromatic carbocycles. The Morgan fingerprint density at radius 1 is 1.31 bits per heavy atom. The second-order valence-electron chi connectivity index (χ2n) is 3.53. The number of hydrogen-bond donors (Lipinski definition) is 1. The molecule has 6 heteroatoms. The molecule has 96 valence electrons. The molecule has 0 saturated carbocycles. The molecule has 1 N–H and O–H groups in total. The van der Waals surface area contributed by atoms with Gasteiger partial charge in [0.05, 0.1) is 19.3 Å². The fourth-order valence-corrected chi connectivity index (χ4v) is 2.82. The van der Waals surface area contributed by atoms with Crippen LogP contribution in [0.1, 0.15) is 33.6 Å². The number of rotatable bonds is 9. The lowest BCUT2D eigenvalue weighted by atomic mass is 10.2. The molecule has 0 heterocycles. The van der Waals surface area contributed by atoms with Gasteiger partial charge in [-0.1, -0.05) is 0 Å². The summed E-state index contributed by atoms with van der Waals surface area (Å²) in [4.78, 5) is 11.5. The van der Waals surface area contributed by atoms with Gasteiger partial charge in [-0.25, -0.2) is 0 Å². The Kier molecular flexibility index (Phi) is 7.85. The van der Waals surface area contributed by atoms with Crippen LogP contribution in [0.2, 0.25) is 0 Å². The monoisotopic (exact) mass is 252 g/mol. The van der Waals surface area contributed by atoms with Gasteiger partial charge in [-0.15, -0.1) is 0 Å². The largest absolute Gasteiger partial charge is 0.393 e. The van der Waals surface area contributed by atoms with Crippen molar-refractivity contribution in [1.29, 1.82) is 0 Å². The SMILES string of the molecule is CCOP(=O)(CC(=O)CCC(C)O)OCC. The molecule has 5 nitrogen and oxygen atoms in total. The summed E-state index contributed by atoms with van der Waals surface area (Å²) in [7, 11) is -3.27. The highest BCUT2D eigenvalue weighted by molar-refractivity contribution is 7.54. The summed E-state index contributed by atoms with van der Waals surface area (Å²) < 4.78 is 21.9. The molecule has 0 aliphatic rings. The summed E-state index contributed by atoms with van der Waals surface area (Å²) >= 11 is 0. The molecule has 1 atom stereocenters. The number of ketones is 1. The lowest BCUT2D eigenvalue weighted by Crippen LogP contribution is -2.12. The van der Waals surface area contributed by atoms with E-state index in [1.165, 1.54) is 0 Å². The summed E-state index contributed by atoms with van der Waals surface area (Å²) in [5, 5.41) is 9.02. The average Bonchev–Trinajstić information content (AvgIpc) is 2.15. The van der Waals surface area contributed by atoms with E-state index < -0.39 is 13.7 Å². The number of Topliss-reactive ketones (excluding diaryl/α,β-unsaturated/α-hetero) is 1. The van der Waals surface area contributed by atoms with E-state index in [-0.39, 0.29) is 31.6 Å². The van der Waals surface area contributed by atoms with Crippen molar-refractivity contribution in [3.63, 3.8) is 0 Å². The zero-order valence-electron chi connectivity index (χ0n) is 10.1. The van der Waals surface area contributed by atoms with Crippen LogP contribution in [0.15, 0.2) is 0 Å². The van der Waals surface area contributed by atoms with Gasteiger partial charge >= 0.3 is 7.60 Å². The molecular formula is C10H21O5P. The predicted octanol–water partition coefficient (Wildman–Crippen LogP) is 1.98. The molecule has 0 aromatic heterocycles. The van der Waals surface area contributed by atoms with Gasteiger partial charge in [-0.2, -0.15) is 0 Å². The molecule has 0 fully saturated rings. The zero-order valence-corrected chi connectivity index (χ0v) is 11.0. The minimum Gasteiger partial charge on any atom is -0.393 e. The first kappa shape index (κ1) is 15.8. The second-order valence-corrected chi connectivity index (χ2v) is 5.59. The van der Waals surface area contributed by atoms with Crippen LogP contribution in [0.3, 0.4) is 0 Å². The maximum absolute atomic E-state index is 11.9. The van der Waals surface area contributed by atoms with Crippen LogP contribution >= 0.6 is 7.60 Å². The lowest BCUT2D eigenvalue weighted by Gasteiger charge is -2.16. The van der Waals surface area contributed by atoms with Gasteiger partial charge in [0.25, 0.3) is 0 Å². The predicted molar refractivity (Wildman–Crippen MR) is 61.6 cm³/mol. The van der Waals surface area contributed by atoms with Gasteiger partial charge in [-0.3, -0.25) is 9.36 Å². The Morgan fingerprint density at radius 3 is 2.19 bits per heavy atom. The Balaban J connectivity index is 4.18. The summed E-state index contributed by atoms with van der Waals surface area (Å²) in [5.74, 6) is -0.203. The van der Waals surface area contributed by atoms with E-state index >= 15 is 0 Å². The van der Waals surface area contributed by atoms with Crippen molar-refractivity contribution in [3.05, 3.63) is 0 Å². The first-order valence-electron chi connectivity index (χ1n) is 5.51. The fraction of sp³-hybridized carbons (Fsp3) is 0.900. The third-order valence-electron chi connectivity index (χ3n) is 1.86. The van der Waals surface area contributed by atoms with Gasteiger partial charge in [0.1, 0.15) is 11.9 Å². The summed E-state index contributed by atoms with van der Waals surface area (Å²) in [6.45, 7) is 5.51. The molecular weight excluding hydrogens is 231 g/mol. The van der Waals surface area contributed by atoms with Gasteiger partial charge in [0, 0.05) is 6.42 Å². The number of aliphatic hydroxyl groups excluding tert-OH is 1. The first-order valence-corrected chi connectivity index (χ1v) is 7.24. The minimum atomic E-state index is -3.27. The van der Waals surface area contributed by atoms with Crippen LogP contribution in [0.25, 0.3) is 0 Å². The third-order valence-corrected chi connectivity index (χ3v) is 3.91. The fourth-order valence-electron chi connectivity index (χ4n) is 1.19. The Morgan fingerprint density at radius 2 is 1.81 bits per heavy atom. The zero-order chi connectivity index (χ0) is 12.6. The van der Waals surface area contributed by atoms with Gasteiger partial charge in [-0.05, 0) is 27.2 Å². The highest BCUT2D eigenvalue weighted by Gasteiger charge is 2.27. The molecule has 0 radical (unpaired) electrons. The summed E-state index contributed by atoms with van der Waals surface area (Å²) in [6, 6.07) is 0. The van der Waals surface area contributed by atoms with E-state index in [0.717, 1.165) is 0 Å². The molecule has 0 aliphatic heterocycles. The van der Waals surface area contributed by atoms with Crippen LogP contribution in [-0.4, -0.2) is 36.4 Å². The van der Waals surface area contributed by atoms with Crippen molar-refractivity contribution >= 4 is 13.4 Å². The Bertz CT molecular complexity index is 242. The standard InChI is InChI=1S/C10H21O5P/c1-4-14-16(13,15-5-2)8-10(12)7-6-9(3)11/h9,11H,4-8H2,1-3H3. The molecule has 0 saturated heterocycles. The van der Waals surface area contributed by atoms with Crippen LogP contribution in [0, 0.1) is 0 Å². The van der Waals surface area contributed by atoms with Crippen molar-refractivity contribution in [2.24, 2.45) is 0 Å². The molecule has 0 rings (SSSR count). The van der Waals surface area contributed by atoms with Crippen molar-refractivity contribution in [3.8, 4) is 0 Å². The second kappa shape index (κ2) is 7.96. The van der Waals surface area contributed by atoms with Crippen LogP contribution in [0.4, 0.5) is 0 Å². The van der Waals surface area contributed by atoms with E-state index in [9.17, 15) is 9.36 Å². The van der Waals surface area contributed by atoms with E-state index in [1.807, 2.05) is 0 Å². The topological polar surface area (TPSA) is 72.8 Å². The van der Waals surface area contributed by atoms with E-state index in [0.29, 0.717) is 6.42 Å². The summed E-state index contributed by atoms with van der Waals surface area (Å²) in [5.41, 5.74) is 0. The first-order chi connectivity index (χ1) is 7.43. The molecule has 1 unspecified atom stereocenters. The Hall–Kier alpha value is -0.220. The molecule has 16 heavy (non-hydrogen) atoms. The smallest absolute Gasteiger partial charge is 0.338 e. The molecule has 0 aliphatic carbocycles. The maximum Gasteiger partial charge on any atom is 0.338 e. The Labute approximate surface area is 96.7 Å². The number of hydrogen-bond acceptors (Lipinski definition) is 5. The van der Waals surface area contributed by atoms with Crippen molar-refractivity contribution in [2.75, 3.05) is 19.4 Å². The third kappa shape index (κ3) is 7.12. The highest BCUT2D eigenvalue weighted by Crippen LogP contribution is 2.47. The van der Waals surface area contributed by atoms with Crippen molar-refractivity contribution < 1.29 is 23.5 Å². The maximum atomic E-state index is 11.9. The van der Waals surface area contributed by atoms with E-state index in [4.69, 9.17) is 14.2 Å². The quantitative estimate of drug-likeness (QED) is 0.635. The van der Waals surface area contributed by atoms with Crippen LogP contribution in [0.5, 0.6) is 0 Å². The summed E-state index contributed by atoms with van der Waals surface area (Å²) in [6.07, 6.45) is -0.164. The van der Waals surface area contributed by atoms with Gasteiger partial charge < -0.3 is 14.2 Å². The molecule has 0 spiro atoms. The van der Waals surface area contributed by atoms with Gasteiger partial charge in [0.15, 0.2) is 0 Å². The minimum absolute atomic E-state index is 0.196. The average molecular weight is 252 g/mol. The van der Waals surface area contributed by atoms with Crippen LogP contribution < -0.4 is 0 Å². The van der Waals surface area contributed by atoms with E-state index in [1.54, 1.807) is 20.8 Å². The number of carbonyl (C=O) groups excluding carboxylic acids is 1. The van der Waals surface area contributed by atoms with Crippen molar-refractivity contribution in [2.45, 2.75) is 39.7 Å². The number of aliphatic hydroxyl groups is 1.